The number of benzene rings is 2. The van der Waals surface area contributed by atoms with Crippen molar-refractivity contribution in [2.45, 2.75) is 44.0 Å². The lowest BCUT2D eigenvalue weighted by atomic mass is 10.0. The number of anilines is 1. The van der Waals surface area contributed by atoms with Crippen LogP contribution in [0.1, 0.15) is 29.5 Å². The minimum absolute atomic E-state index is 0.0353. The van der Waals surface area contributed by atoms with Crippen LogP contribution in [0.5, 0.6) is 5.75 Å². The highest BCUT2D eigenvalue weighted by Crippen LogP contribution is 2.27. The maximum atomic E-state index is 13.1. The molecule has 0 saturated carbocycles. The highest BCUT2D eigenvalue weighted by Gasteiger charge is 2.25. The summed E-state index contributed by atoms with van der Waals surface area (Å²) >= 11 is 0. The smallest absolute Gasteiger partial charge is 0.243 e. The molecule has 204 valence electrons. The van der Waals surface area contributed by atoms with Crippen LogP contribution < -0.4 is 9.64 Å². The Hall–Kier alpha value is -2.46. The molecule has 1 heterocycles. The van der Waals surface area contributed by atoms with Crippen LogP contribution in [0.4, 0.5) is 5.69 Å². The Balaban J connectivity index is 1.44. The van der Waals surface area contributed by atoms with Gasteiger partial charge in [-0.25, -0.2) is 8.42 Å². The molecule has 0 bridgehead atoms. The number of hydrogen-bond acceptors (Lipinski definition) is 7. The molecule has 0 aliphatic carbocycles. The van der Waals surface area contributed by atoms with Crippen molar-refractivity contribution in [3.63, 3.8) is 0 Å². The highest BCUT2D eigenvalue weighted by molar-refractivity contribution is 7.89. The van der Waals surface area contributed by atoms with Gasteiger partial charge >= 0.3 is 0 Å². The summed E-state index contributed by atoms with van der Waals surface area (Å²) in [6.07, 6.45) is 2.60. The molecule has 0 aromatic heterocycles. The molecule has 0 atom stereocenters. The van der Waals surface area contributed by atoms with Gasteiger partial charge in [0.2, 0.25) is 10.0 Å². The van der Waals surface area contributed by atoms with Crippen molar-refractivity contribution < 1.29 is 22.7 Å². The van der Waals surface area contributed by atoms with Gasteiger partial charge in [0.15, 0.2) is 5.78 Å². The number of methoxy groups -OCH3 is 1. The number of rotatable bonds is 12. The Morgan fingerprint density at radius 3 is 2.16 bits per heavy atom. The van der Waals surface area contributed by atoms with Crippen LogP contribution in [0.2, 0.25) is 0 Å². The molecule has 1 saturated heterocycles. The van der Waals surface area contributed by atoms with Gasteiger partial charge in [-0.15, -0.1) is 0 Å². The van der Waals surface area contributed by atoms with Crippen molar-refractivity contribution in [1.82, 2.24) is 9.21 Å². The Labute approximate surface area is 222 Å². The molecule has 37 heavy (non-hydrogen) atoms. The van der Waals surface area contributed by atoms with E-state index in [-0.39, 0.29) is 30.4 Å². The Kier molecular flexibility index (Phi) is 10.1. The SMILES string of the molecule is COc1cc(C)c(S(=O)(=O)N(C)CCOCC(=O)Cc2ccc(N3CCC(N(C)C)CC3)cc2)c(C)c1. The highest BCUT2D eigenvalue weighted by atomic mass is 32.2. The first-order chi connectivity index (χ1) is 17.5. The molecular formula is C28H41N3O5S. The summed E-state index contributed by atoms with van der Waals surface area (Å²) in [6, 6.07) is 12.2. The monoisotopic (exact) mass is 531 g/mol. The van der Waals surface area contributed by atoms with Crippen LogP contribution in [0.3, 0.4) is 0 Å². The lowest BCUT2D eigenvalue weighted by molar-refractivity contribution is -0.122. The van der Waals surface area contributed by atoms with Gasteiger partial charge in [0.25, 0.3) is 0 Å². The standard InChI is InChI=1S/C28H41N3O5S/c1-21-17-27(35-6)18-22(2)28(21)37(33,34)30(5)15-16-36-20-26(32)19-23-7-9-25(10-8-23)31-13-11-24(12-14-31)29(3)4/h7-10,17-18,24H,11-16,19-20H2,1-6H3. The molecule has 8 nitrogen and oxygen atoms in total. The molecule has 0 N–H and O–H groups in total. The molecule has 9 heteroatoms. The number of nitrogens with zero attached hydrogens (tertiary/aromatic N) is 3. The number of aryl methyl sites for hydroxylation is 2. The van der Waals surface area contributed by atoms with E-state index in [2.05, 4.69) is 36.0 Å². The molecule has 1 aliphatic heterocycles. The predicted molar refractivity (Wildman–Crippen MR) is 147 cm³/mol. The summed E-state index contributed by atoms with van der Waals surface area (Å²) in [4.78, 5) is 17.4. The van der Waals surface area contributed by atoms with E-state index in [1.807, 2.05) is 12.1 Å². The molecule has 0 unspecified atom stereocenters. The van der Waals surface area contributed by atoms with Crippen LogP contribution in [0.25, 0.3) is 0 Å². The van der Waals surface area contributed by atoms with E-state index in [9.17, 15) is 13.2 Å². The number of hydrogen-bond donors (Lipinski definition) is 0. The molecule has 2 aromatic rings. The zero-order chi connectivity index (χ0) is 27.2. The van der Waals surface area contributed by atoms with E-state index in [1.165, 1.54) is 17.0 Å². The van der Waals surface area contributed by atoms with Gasteiger partial charge in [-0.05, 0) is 81.7 Å². The van der Waals surface area contributed by atoms with Gasteiger partial charge in [0, 0.05) is 44.8 Å². The normalized spacial score (nSPS) is 15.0. The topological polar surface area (TPSA) is 79.4 Å². The lowest BCUT2D eigenvalue weighted by Gasteiger charge is -2.36. The Bertz CT molecular complexity index is 1130. The van der Waals surface area contributed by atoms with Crippen LogP contribution in [-0.4, -0.2) is 90.5 Å². The number of piperidine rings is 1. The molecule has 1 aliphatic rings. The second kappa shape index (κ2) is 12.9. The molecular weight excluding hydrogens is 490 g/mol. The van der Waals surface area contributed by atoms with Crippen LogP contribution in [0, 0.1) is 13.8 Å². The molecule has 0 radical (unpaired) electrons. The number of likely N-dealkylation sites (N-methyl/N-ethyl adjacent to an activating group) is 1. The maximum Gasteiger partial charge on any atom is 0.243 e. The van der Waals surface area contributed by atoms with E-state index in [4.69, 9.17) is 9.47 Å². The predicted octanol–water partition coefficient (Wildman–Crippen LogP) is 3.29. The van der Waals surface area contributed by atoms with Crippen molar-refractivity contribution in [2.75, 3.05) is 66.0 Å². The number of ether oxygens (including phenoxy) is 2. The zero-order valence-electron chi connectivity index (χ0n) is 23.0. The number of sulfonamides is 1. The average Bonchev–Trinajstić information content (AvgIpc) is 2.86. The van der Waals surface area contributed by atoms with E-state index in [0.717, 1.165) is 31.5 Å². The van der Waals surface area contributed by atoms with Crippen molar-refractivity contribution in [2.24, 2.45) is 0 Å². The summed E-state index contributed by atoms with van der Waals surface area (Å²) in [5.41, 5.74) is 3.40. The fourth-order valence-corrected chi connectivity index (χ4v) is 6.39. The summed E-state index contributed by atoms with van der Waals surface area (Å²) in [7, 11) is 3.67. The van der Waals surface area contributed by atoms with Crippen LogP contribution in [0.15, 0.2) is 41.3 Å². The van der Waals surface area contributed by atoms with Crippen molar-refractivity contribution in [1.29, 1.82) is 0 Å². The molecule has 2 aromatic carbocycles. The van der Waals surface area contributed by atoms with Gasteiger partial charge in [-0.1, -0.05) is 12.1 Å². The van der Waals surface area contributed by atoms with Gasteiger partial charge in [-0.2, -0.15) is 4.31 Å². The van der Waals surface area contributed by atoms with E-state index in [1.54, 1.807) is 33.1 Å². The van der Waals surface area contributed by atoms with Crippen molar-refractivity contribution in [3.8, 4) is 5.75 Å². The third-order valence-electron chi connectivity index (χ3n) is 7.05. The first-order valence-corrected chi connectivity index (χ1v) is 14.2. The van der Waals surface area contributed by atoms with E-state index < -0.39 is 10.0 Å². The Morgan fingerprint density at radius 2 is 1.62 bits per heavy atom. The lowest BCUT2D eigenvalue weighted by Crippen LogP contribution is -2.41. The second-order valence-corrected chi connectivity index (χ2v) is 12.0. The van der Waals surface area contributed by atoms with Gasteiger partial charge in [0.05, 0.1) is 18.6 Å². The minimum Gasteiger partial charge on any atom is -0.497 e. The fourth-order valence-electron chi connectivity index (χ4n) is 4.83. The number of carbonyl (C=O) groups is 1. The summed E-state index contributed by atoms with van der Waals surface area (Å²) in [5.74, 6) is 0.588. The third kappa shape index (κ3) is 7.54. The van der Waals surface area contributed by atoms with Crippen LogP contribution in [-0.2, 0) is 26.0 Å². The van der Waals surface area contributed by atoms with Gasteiger partial charge < -0.3 is 19.3 Å². The van der Waals surface area contributed by atoms with Crippen molar-refractivity contribution in [3.05, 3.63) is 53.1 Å². The summed E-state index contributed by atoms with van der Waals surface area (Å²) in [5, 5.41) is 0. The average molecular weight is 532 g/mol. The molecule has 0 amide bonds. The third-order valence-corrected chi connectivity index (χ3v) is 9.21. The van der Waals surface area contributed by atoms with E-state index >= 15 is 0 Å². The fraction of sp³-hybridized carbons (Fsp3) is 0.536. The summed E-state index contributed by atoms with van der Waals surface area (Å²) in [6.45, 7) is 5.83. The van der Waals surface area contributed by atoms with Crippen molar-refractivity contribution >= 4 is 21.5 Å². The van der Waals surface area contributed by atoms with Gasteiger partial charge in [-0.3, -0.25) is 4.79 Å². The van der Waals surface area contributed by atoms with Crippen LogP contribution >= 0.6 is 0 Å². The molecule has 0 spiro atoms. The number of Topliss-reactive ketones (excluding diaryl/α,β-unsaturated/α-hetero) is 1. The maximum absolute atomic E-state index is 13.1. The van der Waals surface area contributed by atoms with Gasteiger partial charge in [0.1, 0.15) is 12.4 Å². The molecule has 1 fully saturated rings. The number of carbonyl (C=O) groups excluding carboxylic acids is 1. The Morgan fingerprint density at radius 1 is 1.03 bits per heavy atom. The minimum atomic E-state index is -3.69. The van der Waals surface area contributed by atoms with E-state index in [0.29, 0.717) is 29.3 Å². The first-order valence-electron chi connectivity index (χ1n) is 12.7. The molecule has 3 rings (SSSR count). The second-order valence-electron chi connectivity index (χ2n) is 10.0. The summed E-state index contributed by atoms with van der Waals surface area (Å²) < 4.78 is 38.2. The zero-order valence-corrected chi connectivity index (χ0v) is 23.8. The largest absolute Gasteiger partial charge is 0.497 e. The first kappa shape index (κ1) is 29.1. The number of ketones is 1. The quantitative estimate of drug-likeness (QED) is 0.389.